The second kappa shape index (κ2) is 9.77. The molecular formula is C28H38ClN3O2. The van der Waals surface area contributed by atoms with E-state index >= 15 is 0 Å². The largest absolute Gasteiger partial charge is 0.444 e. The molecular weight excluding hydrogens is 446 g/mol. The van der Waals surface area contributed by atoms with E-state index in [0.29, 0.717) is 23.8 Å². The summed E-state index contributed by atoms with van der Waals surface area (Å²) in [5.74, 6) is 1.09. The van der Waals surface area contributed by atoms with E-state index in [4.69, 9.17) is 16.3 Å². The highest BCUT2D eigenvalue weighted by molar-refractivity contribution is 6.30. The number of ether oxygens (including phenoxy) is 1. The third-order valence-electron chi connectivity index (χ3n) is 7.46. The van der Waals surface area contributed by atoms with Crippen LogP contribution in [0, 0.1) is 11.8 Å². The van der Waals surface area contributed by atoms with Gasteiger partial charge in [0.15, 0.2) is 0 Å². The van der Waals surface area contributed by atoms with Crippen molar-refractivity contribution in [2.45, 2.75) is 65.0 Å². The van der Waals surface area contributed by atoms with Crippen molar-refractivity contribution in [1.29, 1.82) is 0 Å². The molecule has 4 rings (SSSR count). The Morgan fingerprint density at radius 2 is 1.94 bits per heavy atom. The lowest BCUT2D eigenvalue weighted by atomic mass is 9.71. The minimum atomic E-state index is -0.473. The molecule has 2 heterocycles. The molecule has 1 aliphatic carbocycles. The summed E-state index contributed by atoms with van der Waals surface area (Å²) in [7, 11) is 0. The van der Waals surface area contributed by atoms with E-state index in [1.54, 1.807) is 0 Å². The van der Waals surface area contributed by atoms with Crippen LogP contribution in [0.4, 0.5) is 4.79 Å². The number of fused-ring (bicyclic) bond motifs is 1. The van der Waals surface area contributed by atoms with E-state index in [0.717, 1.165) is 44.0 Å². The van der Waals surface area contributed by atoms with Crippen LogP contribution in [0.5, 0.6) is 0 Å². The van der Waals surface area contributed by atoms with Gasteiger partial charge in [-0.15, -0.1) is 0 Å². The predicted molar refractivity (Wildman–Crippen MR) is 141 cm³/mol. The molecule has 1 saturated heterocycles. The van der Waals surface area contributed by atoms with Crippen molar-refractivity contribution in [2.24, 2.45) is 16.8 Å². The molecule has 3 unspecified atom stereocenters. The molecule has 1 aromatic carbocycles. The summed E-state index contributed by atoms with van der Waals surface area (Å²) in [5.41, 5.74) is 4.51. The molecule has 1 fully saturated rings. The zero-order valence-corrected chi connectivity index (χ0v) is 21.9. The summed E-state index contributed by atoms with van der Waals surface area (Å²) < 4.78 is 5.61. The Hall–Kier alpha value is -2.27. The third kappa shape index (κ3) is 5.35. The maximum atomic E-state index is 12.6. The van der Waals surface area contributed by atoms with Gasteiger partial charge in [-0.1, -0.05) is 31.2 Å². The zero-order valence-electron chi connectivity index (χ0n) is 21.2. The standard InChI is InChI=1S/C28H38ClN3O2/c1-18-15-30-17-32(18)16-23-13-22-14-24(29)7-8-25(22)26(20(3)19(23)2)21-9-11-31(12-10-21)27(33)34-28(4,5)6/h7-8,13-14,17-18,20-21,26H,2,9-12,15-16H2,1,3-6H3. The van der Waals surface area contributed by atoms with Crippen LogP contribution in [0.1, 0.15) is 64.5 Å². The SMILES string of the molecule is C=C1C(CN2C=NCC2C)=Cc2cc(Cl)ccc2C(C2CCN(C(=O)OC(C)(C)C)CC2)C1C. The fraction of sp³-hybridized carbons (Fsp3) is 0.571. The molecule has 0 saturated carbocycles. The van der Waals surface area contributed by atoms with E-state index in [9.17, 15) is 4.79 Å². The van der Waals surface area contributed by atoms with Crippen LogP contribution >= 0.6 is 11.6 Å². The number of piperidine rings is 1. The lowest BCUT2D eigenvalue weighted by Crippen LogP contribution is -2.43. The molecule has 3 atom stereocenters. The Kier molecular flexibility index (Phi) is 7.14. The maximum absolute atomic E-state index is 12.6. The van der Waals surface area contributed by atoms with E-state index < -0.39 is 5.60 Å². The van der Waals surface area contributed by atoms with Crippen molar-refractivity contribution in [2.75, 3.05) is 26.2 Å². The Balaban J connectivity index is 1.56. The quantitative estimate of drug-likeness (QED) is 0.500. The molecule has 0 spiro atoms. The number of benzene rings is 1. The Morgan fingerprint density at radius 1 is 1.24 bits per heavy atom. The van der Waals surface area contributed by atoms with Gasteiger partial charge in [-0.2, -0.15) is 0 Å². The summed E-state index contributed by atoms with van der Waals surface area (Å²) >= 11 is 6.44. The Labute approximate surface area is 209 Å². The topological polar surface area (TPSA) is 45.1 Å². The number of carbonyl (C=O) groups excluding carboxylic acids is 1. The van der Waals surface area contributed by atoms with Crippen LogP contribution in [0.3, 0.4) is 0 Å². The van der Waals surface area contributed by atoms with Gasteiger partial charge in [-0.25, -0.2) is 4.79 Å². The number of hydrogen-bond donors (Lipinski definition) is 0. The fourth-order valence-corrected chi connectivity index (χ4v) is 5.71. The lowest BCUT2D eigenvalue weighted by Gasteiger charge is -2.39. The molecule has 6 heteroatoms. The van der Waals surface area contributed by atoms with E-state index in [1.165, 1.54) is 22.3 Å². The van der Waals surface area contributed by atoms with E-state index in [-0.39, 0.29) is 6.09 Å². The monoisotopic (exact) mass is 483 g/mol. The van der Waals surface area contributed by atoms with Crippen LogP contribution in [0.15, 0.2) is 40.9 Å². The second-order valence-corrected chi connectivity index (χ2v) is 11.5. The van der Waals surface area contributed by atoms with Crippen molar-refractivity contribution in [3.63, 3.8) is 0 Å². The summed E-state index contributed by atoms with van der Waals surface area (Å²) in [6, 6.07) is 6.70. The molecule has 5 nitrogen and oxygen atoms in total. The van der Waals surface area contributed by atoms with Gasteiger partial charge in [0.2, 0.25) is 0 Å². The van der Waals surface area contributed by atoms with Crippen molar-refractivity contribution < 1.29 is 9.53 Å². The highest BCUT2D eigenvalue weighted by Crippen LogP contribution is 2.46. The normalized spacial score (nSPS) is 25.8. The van der Waals surface area contributed by atoms with Gasteiger partial charge in [0.25, 0.3) is 0 Å². The molecule has 0 radical (unpaired) electrons. The highest BCUT2D eigenvalue weighted by atomic mass is 35.5. The van der Waals surface area contributed by atoms with Crippen molar-refractivity contribution >= 4 is 30.1 Å². The minimum Gasteiger partial charge on any atom is -0.444 e. The van der Waals surface area contributed by atoms with Crippen molar-refractivity contribution in [3.05, 3.63) is 52.1 Å². The van der Waals surface area contributed by atoms with Gasteiger partial charge in [0.05, 0.1) is 12.9 Å². The number of rotatable bonds is 3. The summed E-state index contributed by atoms with van der Waals surface area (Å²) in [4.78, 5) is 21.2. The molecule has 0 aromatic heterocycles. The summed E-state index contributed by atoms with van der Waals surface area (Å²) in [6.45, 7) is 17.9. The Bertz CT molecular complexity index is 1000. The molecule has 1 aromatic rings. The van der Waals surface area contributed by atoms with Gasteiger partial charge in [-0.3, -0.25) is 4.99 Å². The van der Waals surface area contributed by atoms with Crippen LogP contribution in [-0.2, 0) is 4.74 Å². The number of likely N-dealkylation sites (tertiary alicyclic amines) is 1. The summed E-state index contributed by atoms with van der Waals surface area (Å²) in [5, 5.41) is 0.754. The van der Waals surface area contributed by atoms with Gasteiger partial charge in [0, 0.05) is 30.7 Å². The zero-order chi connectivity index (χ0) is 24.6. The highest BCUT2D eigenvalue weighted by Gasteiger charge is 2.37. The molecule has 2 aliphatic heterocycles. The number of nitrogens with zero attached hydrogens (tertiary/aromatic N) is 3. The average molecular weight is 484 g/mol. The van der Waals surface area contributed by atoms with Gasteiger partial charge < -0.3 is 14.5 Å². The Morgan fingerprint density at radius 3 is 2.56 bits per heavy atom. The summed E-state index contributed by atoms with van der Waals surface area (Å²) in [6.07, 6.45) is 5.96. The van der Waals surface area contributed by atoms with Crippen LogP contribution in [0.25, 0.3) is 6.08 Å². The first-order valence-electron chi connectivity index (χ1n) is 12.5. The molecule has 184 valence electrons. The van der Waals surface area contributed by atoms with Crippen molar-refractivity contribution in [1.82, 2.24) is 9.80 Å². The number of halogens is 1. The van der Waals surface area contributed by atoms with Crippen LogP contribution < -0.4 is 0 Å². The first kappa shape index (κ1) is 24.8. The molecule has 1 amide bonds. The number of amides is 1. The fourth-order valence-electron chi connectivity index (χ4n) is 5.53. The predicted octanol–water partition coefficient (Wildman–Crippen LogP) is 6.39. The van der Waals surface area contributed by atoms with Crippen molar-refractivity contribution in [3.8, 4) is 0 Å². The van der Waals surface area contributed by atoms with Crippen LogP contribution in [0.2, 0.25) is 5.02 Å². The van der Waals surface area contributed by atoms with Gasteiger partial charge >= 0.3 is 6.09 Å². The average Bonchev–Trinajstić information content (AvgIpc) is 3.13. The smallest absolute Gasteiger partial charge is 0.410 e. The minimum absolute atomic E-state index is 0.207. The molecule has 34 heavy (non-hydrogen) atoms. The maximum Gasteiger partial charge on any atom is 0.410 e. The third-order valence-corrected chi connectivity index (χ3v) is 7.69. The van der Waals surface area contributed by atoms with Gasteiger partial charge in [0.1, 0.15) is 5.60 Å². The second-order valence-electron chi connectivity index (χ2n) is 11.1. The lowest BCUT2D eigenvalue weighted by molar-refractivity contribution is 0.0168. The van der Waals surface area contributed by atoms with E-state index in [1.807, 2.05) is 38.1 Å². The molecule has 0 bridgehead atoms. The van der Waals surface area contributed by atoms with Gasteiger partial charge in [-0.05, 0) is 98.8 Å². The number of hydrogen-bond acceptors (Lipinski definition) is 4. The van der Waals surface area contributed by atoms with Crippen LogP contribution in [-0.4, -0.2) is 60.1 Å². The first-order valence-corrected chi connectivity index (χ1v) is 12.8. The number of aliphatic imine (C=N–C) groups is 1. The first-order chi connectivity index (χ1) is 16.0. The van der Waals surface area contributed by atoms with E-state index in [2.05, 4.69) is 48.5 Å². The number of carbonyl (C=O) groups is 1. The molecule has 3 aliphatic rings. The molecule has 0 N–H and O–H groups in total.